The Labute approximate surface area is 156 Å². The van der Waals surface area contributed by atoms with Crippen molar-refractivity contribution in [2.75, 3.05) is 30.4 Å². The van der Waals surface area contributed by atoms with Gasteiger partial charge in [-0.1, -0.05) is 12.8 Å². The molecule has 0 aliphatic carbocycles. The summed E-state index contributed by atoms with van der Waals surface area (Å²) < 4.78 is 4.66. The minimum Gasteiger partial charge on any atom is -0.465 e. The molecule has 0 atom stereocenters. The van der Waals surface area contributed by atoms with Crippen LogP contribution in [0.25, 0.3) is 0 Å². The summed E-state index contributed by atoms with van der Waals surface area (Å²) in [7, 11) is 1.31. The molecule has 0 unspecified atom stereocenters. The Bertz CT molecular complexity index is 817. The fraction of sp³-hybridized carbons (Fsp3) is 0.389. The molecule has 2 heterocycles. The first-order chi connectivity index (χ1) is 13.1. The normalized spacial score (nSPS) is 14.3. The predicted molar refractivity (Wildman–Crippen MR) is 100 cm³/mol. The quantitative estimate of drug-likeness (QED) is 0.484. The zero-order chi connectivity index (χ0) is 19.2. The molecule has 1 aromatic heterocycles. The lowest BCUT2D eigenvalue weighted by Gasteiger charge is -2.21. The summed E-state index contributed by atoms with van der Waals surface area (Å²) in [5.41, 5.74) is 0.827. The summed E-state index contributed by atoms with van der Waals surface area (Å²) in [6, 6.07) is 6.45. The van der Waals surface area contributed by atoms with Crippen LogP contribution in [0, 0.1) is 10.1 Å². The summed E-state index contributed by atoms with van der Waals surface area (Å²) in [5, 5.41) is 14.7. The molecule has 0 saturated carbocycles. The van der Waals surface area contributed by atoms with Crippen molar-refractivity contribution in [3.05, 3.63) is 46.3 Å². The molecule has 9 heteroatoms. The molecule has 0 amide bonds. The van der Waals surface area contributed by atoms with Crippen molar-refractivity contribution in [3.63, 3.8) is 0 Å². The van der Waals surface area contributed by atoms with Gasteiger partial charge in [0.15, 0.2) is 0 Å². The van der Waals surface area contributed by atoms with E-state index in [1.165, 1.54) is 13.4 Å². The largest absolute Gasteiger partial charge is 0.465 e. The van der Waals surface area contributed by atoms with Gasteiger partial charge in [-0.3, -0.25) is 10.1 Å². The smallest absolute Gasteiger partial charge is 0.353 e. The third kappa shape index (κ3) is 4.30. The van der Waals surface area contributed by atoms with Crippen molar-refractivity contribution >= 4 is 29.0 Å². The van der Waals surface area contributed by atoms with E-state index in [-0.39, 0.29) is 11.5 Å². The van der Waals surface area contributed by atoms with Gasteiger partial charge in [-0.05, 0) is 37.1 Å². The summed E-state index contributed by atoms with van der Waals surface area (Å²) in [6.07, 6.45) is 5.54. The number of nitrogens with zero attached hydrogens (tertiary/aromatic N) is 4. The summed E-state index contributed by atoms with van der Waals surface area (Å²) in [5.74, 6) is 0.0173. The average molecular weight is 371 g/mol. The van der Waals surface area contributed by atoms with Gasteiger partial charge in [-0.2, -0.15) is 0 Å². The second-order valence-corrected chi connectivity index (χ2v) is 6.25. The molecule has 142 valence electrons. The van der Waals surface area contributed by atoms with Crippen LogP contribution in [-0.4, -0.2) is 41.1 Å². The summed E-state index contributed by atoms with van der Waals surface area (Å²) >= 11 is 0. The first kappa shape index (κ1) is 18.6. The highest BCUT2D eigenvalue weighted by Gasteiger charge is 2.27. The Hall–Kier alpha value is -3.23. The second kappa shape index (κ2) is 8.43. The lowest BCUT2D eigenvalue weighted by atomic mass is 10.2. The number of benzene rings is 1. The van der Waals surface area contributed by atoms with Crippen LogP contribution >= 0.6 is 0 Å². The molecule has 1 aromatic carbocycles. The number of hydrogen-bond acceptors (Lipinski definition) is 8. The molecule has 1 aliphatic heterocycles. The first-order valence-electron chi connectivity index (χ1n) is 8.80. The summed E-state index contributed by atoms with van der Waals surface area (Å²) in [4.78, 5) is 33.0. The number of anilines is 3. The van der Waals surface area contributed by atoms with E-state index in [1.54, 1.807) is 24.3 Å². The van der Waals surface area contributed by atoms with E-state index in [0.29, 0.717) is 17.1 Å². The highest BCUT2D eigenvalue weighted by Crippen LogP contribution is 2.34. The van der Waals surface area contributed by atoms with Crippen LogP contribution in [0.15, 0.2) is 30.6 Å². The van der Waals surface area contributed by atoms with Crippen LogP contribution in [0.4, 0.5) is 23.0 Å². The SMILES string of the molecule is COC(=O)c1ccc(Nc2ncnc(N3CCCCCC3)c2[N+](=O)[O-])cc1. The Morgan fingerprint density at radius 3 is 2.41 bits per heavy atom. The van der Waals surface area contributed by atoms with E-state index in [2.05, 4.69) is 20.0 Å². The van der Waals surface area contributed by atoms with Gasteiger partial charge in [-0.15, -0.1) is 0 Å². The number of rotatable bonds is 5. The van der Waals surface area contributed by atoms with Crippen LogP contribution in [-0.2, 0) is 4.74 Å². The molecule has 0 bridgehead atoms. The van der Waals surface area contributed by atoms with Gasteiger partial charge >= 0.3 is 11.7 Å². The molecule has 1 N–H and O–H groups in total. The van der Waals surface area contributed by atoms with Crippen LogP contribution in [0.1, 0.15) is 36.0 Å². The maximum atomic E-state index is 11.7. The molecule has 2 aromatic rings. The number of nitro groups is 1. The standard InChI is InChI=1S/C18H21N5O4/c1-27-18(24)13-6-8-14(9-7-13)21-16-15(23(25)26)17(20-12-19-16)22-10-4-2-3-5-11-22/h6-9,12H,2-5,10-11H2,1H3,(H,19,20,21). The van der Waals surface area contributed by atoms with Crippen molar-refractivity contribution in [1.82, 2.24) is 9.97 Å². The number of esters is 1. The lowest BCUT2D eigenvalue weighted by molar-refractivity contribution is -0.383. The maximum absolute atomic E-state index is 11.7. The Morgan fingerprint density at radius 1 is 1.15 bits per heavy atom. The minimum atomic E-state index is -0.453. The van der Waals surface area contributed by atoms with Gasteiger partial charge in [0.1, 0.15) is 6.33 Å². The van der Waals surface area contributed by atoms with Crippen molar-refractivity contribution in [2.24, 2.45) is 0 Å². The zero-order valence-corrected chi connectivity index (χ0v) is 15.1. The number of ether oxygens (including phenoxy) is 1. The topological polar surface area (TPSA) is 110 Å². The summed E-state index contributed by atoms with van der Waals surface area (Å²) in [6.45, 7) is 1.48. The van der Waals surface area contributed by atoms with Gasteiger partial charge < -0.3 is 15.0 Å². The van der Waals surface area contributed by atoms with Crippen LogP contribution in [0.3, 0.4) is 0 Å². The third-order valence-electron chi connectivity index (χ3n) is 4.46. The van der Waals surface area contributed by atoms with E-state index in [9.17, 15) is 14.9 Å². The maximum Gasteiger partial charge on any atom is 0.353 e. The zero-order valence-electron chi connectivity index (χ0n) is 15.1. The van der Waals surface area contributed by atoms with Crippen molar-refractivity contribution in [1.29, 1.82) is 0 Å². The van der Waals surface area contributed by atoms with Crippen molar-refractivity contribution < 1.29 is 14.5 Å². The fourth-order valence-electron chi connectivity index (χ4n) is 3.09. The molecule has 1 aliphatic rings. The Morgan fingerprint density at radius 2 is 1.81 bits per heavy atom. The van der Waals surface area contributed by atoms with Crippen molar-refractivity contribution in [3.8, 4) is 0 Å². The predicted octanol–water partition coefficient (Wildman–Crippen LogP) is 3.30. The monoisotopic (exact) mass is 371 g/mol. The molecule has 1 saturated heterocycles. The van der Waals surface area contributed by atoms with Crippen LogP contribution in [0.5, 0.6) is 0 Å². The van der Waals surface area contributed by atoms with Crippen LogP contribution in [0.2, 0.25) is 0 Å². The number of aromatic nitrogens is 2. The second-order valence-electron chi connectivity index (χ2n) is 6.25. The Balaban J connectivity index is 1.89. The highest BCUT2D eigenvalue weighted by molar-refractivity contribution is 5.89. The lowest BCUT2D eigenvalue weighted by Crippen LogP contribution is -2.26. The fourth-order valence-corrected chi connectivity index (χ4v) is 3.09. The molecule has 1 fully saturated rings. The number of carbonyl (C=O) groups excluding carboxylic acids is 1. The van der Waals surface area contributed by atoms with Gasteiger partial charge in [-0.25, -0.2) is 14.8 Å². The minimum absolute atomic E-state index is 0.125. The van der Waals surface area contributed by atoms with E-state index in [1.807, 2.05) is 4.90 Å². The van der Waals surface area contributed by atoms with E-state index < -0.39 is 10.9 Å². The third-order valence-corrected chi connectivity index (χ3v) is 4.46. The number of nitrogens with one attached hydrogen (secondary N) is 1. The number of methoxy groups -OCH3 is 1. The van der Waals surface area contributed by atoms with Gasteiger partial charge in [0.25, 0.3) is 0 Å². The molecule has 9 nitrogen and oxygen atoms in total. The average Bonchev–Trinajstić information content (AvgIpc) is 2.97. The van der Waals surface area contributed by atoms with E-state index >= 15 is 0 Å². The van der Waals surface area contributed by atoms with Gasteiger partial charge in [0.2, 0.25) is 11.6 Å². The Kier molecular flexibility index (Phi) is 5.80. The first-order valence-corrected chi connectivity index (χ1v) is 8.80. The molecule has 27 heavy (non-hydrogen) atoms. The van der Waals surface area contributed by atoms with Gasteiger partial charge in [0, 0.05) is 18.8 Å². The molecule has 0 radical (unpaired) electrons. The highest BCUT2D eigenvalue weighted by atomic mass is 16.6. The van der Waals surface area contributed by atoms with Crippen molar-refractivity contribution in [2.45, 2.75) is 25.7 Å². The van der Waals surface area contributed by atoms with E-state index in [0.717, 1.165) is 38.8 Å². The van der Waals surface area contributed by atoms with Gasteiger partial charge in [0.05, 0.1) is 17.6 Å². The van der Waals surface area contributed by atoms with E-state index in [4.69, 9.17) is 0 Å². The van der Waals surface area contributed by atoms with Crippen LogP contribution < -0.4 is 10.2 Å². The molecular weight excluding hydrogens is 350 g/mol. The molecular formula is C18H21N5O4. The molecule has 3 rings (SSSR count). The molecule has 0 spiro atoms. The number of hydrogen-bond donors (Lipinski definition) is 1. The number of carbonyl (C=O) groups is 1.